The Hall–Kier alpha value is -2.21. The van der Waals surface area contributed by atoms with Gasteiger partial charge in [-0.15, -0.1) is 0 Å². The number of rotatable bonds is 5. The number of pyridine rings is 1. The van der Waals surface area contributed by atoms with E-state index in [-0.39, 0.29) is 11.9 Å². The average Bonchev–Trinajstić information content (AvgIpc) is 3.15. The van der Waals surface area contributed by atoms with Gasteiger partial charge < -0.3 is 11.1 Å². The highest BCUT2D eigenvalue weighted by molar-refractivity contribution is 5.91. The van der Waals surface area contributed by atoms with Crippen LogP contribution < -0.4 is 11.1 Å². The van der Waals surface area contributed by atoms with Crippen LogP contribution in [0.1, 0.15) is 19.3 Å². The lowest BCUT2D eigenvalue weighted by molar-refractivity contribution is -0.116. The number of nitrogens with zero attached hydrogens (tertiary/aromatic N) is 3. The zero-order valence-corrected chi connectivity index (χ0v) is 11.1. The summed E-state index contributed by atoms with van der Waals surface area (Å²) in [5, 5.41) is 6.91. The van der Waals surface area contributed by atoms with E-state index in [0.717, 1.165) is 12.8 Å². The first kappa shape index (κ1) is 12.8. The quantitative estimate of drug-likeness (QED) is 0.859. The van der Waals surface area contributed by atoms with Crippen molar-refractivity contribution >= 4 is 11.6 Å². The molecule has 0 aromatic carbocycles. The normalized spacial score (nSPS) is 15.8. The number of hydrogen-bond donors (Lipinski definition) is 2. The molecule has 1 amide bonds. The largest absolute Gasteiger partial charge is 0.327 e. The molecular formula is C14H17N5O. The lowest BCUT2D eigenvalue weighted by Crippen LogP contribution is -2.28. The van der Waals surface area contributed by atoms with Gasteiger partial charge in [0, 0.05) is 24.9 Å². The van der Waals surface area contributed by atoms with Crippen LogP contribution in [0.5, 0.6) is 0 Å². The molecule has 6 nitrogen and oxygen atoms in total. The summed E-state index contributed by atoms with van der Waals surface area (Å²) in [6.07, 6.45) is 7.79. The van der Waals surface area contributed by atoms with Crippen LogP contribution in [0.2, 0.25) is 0 Å². The molecule has 6 heteroatoms. The highest BCUT2D eigenvalue weighted by Gasteiger charge is 2.29. The third-order valence-corrected chi connectivity index (χ3v) is 3.42. The van der Waals surface area contributed by atoms with Crippen LogP contribution in [0.15, 0.2) is 36.8 Å². The van der Waals surface area contributed by atoms with E-state index in [2.05, 4.69) is 15.4 Å². The first-order valence-electron chi connectivity index (χ1n) is 6.74. The van der Waals surface area contributed by atoms with Gasteiger partial charge in [0.2, 0.25) is 5.91 Å². The van der Waals surface area contributed by atoms with Gasteiger partial charge in [0.05, 0.1) is 11.9 Å². The van der Waals surface area contributed by atoms with E-state index in [9.17, 15) is 4.79 Å². The summed E-state index contributed by atoms with van der Waals surface area (Å²) in [4.78, 5) is 16.1. The molecule has 2 aromatic rings. The van der Waals surface area contributed by atoms with E-state index >= 15 is 0 Å². The molecule has 1 fully saturated rings. The minimum atomic E-state index is -0.0574. The molecule has 2 aromatic heterocycles. The van der Waals surface area contributed by atoms with Gasteiger partial charge in [-0.2, -0.15) is 5.10 Å². The molecule has 1 atom stereocenters. The molecule has 1 unspecified atom stereocenters. The number of carbonyl (C=O) groups excluding carboxylic acids is 1. The van der Waals surface area contributed by atoms with Crippen LogP contribution in [0.3, 0.4) is 0 Å². The molecule has 3 N–H and O–H groups in total. The van der Waals surface area contributed by atoms with Crippen LogP contribution >= 0.6 is 0 Å². The Morgan fingerprint density at radius 2 is 2.35 bits per heavy atom. The second-order valence-corrected chi connectivity index (χ2v) is 5.11. The van der Waals surface area contributed by atoms with Crippen LogP contribution in [0, 0.1) is 5.92 Å². The van der Waals surface area contributed by atoms with Crippen molar-refractivity contribution in [1.82, 2.24) is 14.8 Å². The molecule has 1 aliphatic carbocycles. The Morgan fingerprint density at radius 1 is 1.50 bits per heavy atom. The van der Waals surface area contributed by atoms with Gasteiger partial charge >= 0.3 is 0 Å². The highest BCUT2D eigenvalue weighted by atomic mass is 16.1. The van der Waals surface area contributed by atoms with Gasteiger partial charge in [0.15, 0.2) is 5.82 Å². The van der Waals surface area contributed by atoms with E-state index < -0.39 is 0 Å². The Labute approximate surface area is 117 Å². The van der Waals surface area contributed by atoms with Crippen LogP contribution in [-0.2, 0) is 4.79 Å². The van der Waals surface area contributed by atoms with E-state index in [1.165, 1.54) is 0 Å². The smallest absolute Gasteiger partial charge is 0.225 e. The zero-order chi connectivity index (χ0) is 13.9. The third kappa shape index (κ3) is 3.03. The molecule has 0 aliphatic heterocycles. The summed E-state index contributed by atoms with van der Waals surface area (Å²) < 4.78 is 1.66. The first-order chi connectivity index (χ1) is 9.72. The molecule has 20 heavy (non-hydrogen) atoms. The van der Waals surface area contributed by atoms with Crippen molar-refractivity contribution in [2.75, 3.05) is 5.32 Å². The van der Waals surface area contributed by atoms with Crippen molar-refractivity contribution in [3.63, 3.8) is 0 Å². The minimum absolute atomic E-state index is 0.0219. The van der Waals surface area contributed by atoms with Crippen molar-refractivity contribution < 1.29 is 4.79 Å². The van der Waals surface area contributed by atoms with Gasteiger partial charge in [-0.1, -0.05) is 0 Å². The summed E-state index contributed by atoms with van der Waals surface area (Å²) >= 11 is 0. The Bertz CT molecular complexity index is 574. The summed E-state index contributed by atoms with van der Waals surface area (Å²) in [5.74, 6) is 1.18. The topological polar surface area (TPSA) is 85.8 Å². The predicted octanol–water partition coefficient (Wildman–Crippen LogP) is 1.33. The van der Waals surface area contributed by atoms with Crippen LogP contribution in [0.25, 0.3) is 5.82 Å². The Balaban J connectivity index is 1.58. The van der Waals surface area contributed by atoms with Gasteiger partial charge in [-0.3, -0.25) is 4.79 Å². The number of anilines is 1. The van der Waals surface area contributed by atoms with Crippen molar-refractivity contribution in [3.8, 4) is 5.82 Å². The molecule has 3 rings (SSSR count). The summed E-state index contributed by atoms with van der Waals surface area (Å²) in [6, 6.07) is 5.43. The molecular weight excluding hydrogens is 254 g/mol. The number of amides is 1. The van der Waals surface area contributed by atoms with Gasteiger partial charge in [0.1, 0.15) is 0 Å². The van der Waals surface area contributed by atoms with Crippen molar-refractivity contribution in [3.05, 3.63) is 36.8 Å². The van der Waals surface area contributed by atoms with E-state index in [4.69, 9.17) is 5.73 Å². The Kier molecular flexibility index (Phi) is 3.47. The Morgan fingerprint density at radius 3 is 2.95 bits per heavy atom. The van der Waals surface area contributed by atoms with E-state index in [1.54, 1.807) is 17.1 Å². The second-order valence-electron chi connectivity index (χ2n) is 5.11. The third-order valence-electron chi connectivity index (χ3n) is 3.42. The fraction of sp³-hybridized carbons (Fsp3) is 0.357. The monoisotopic (exact) mass is 271 g/mol. The first-order valence-corrected chi connectivity index (χ1v) is 6.74. The molecule has 1 aliphatic rings. The summed E-state index contributed by atoms with van der Waals surface area (Å²) in [6.45, 7) is 0. The lowest BCUT2D eigenvalue weighted by atomic mass is 10.1. The standard InChI is InChI=1S/C14H17N5O/c15-12(10-2-3-10)8-14(20)18-11-4-5-13(16-9-11)19-7-1-6-17-19/h1,4-7,9-10,12H,2-3,8,15H2,(H,18,20). The van der Waals surface area contributed by atoms with E-state index in [1.807, 2.05) is 24.4 Å². The van der Waals surface area contributed by atoms with Crippen molar-refractivity contribution in [2.45, 2.75) is 25.3 Å². The number of nitrogens with one attached hydrogen (secondary N) is 1. The highest BCUT2D eigenvalue weighted by Crippen LogP contribution is 2.32. The van der Waals surface area contributed by atoms with Crippen molar-refractivity contribution in [1.29, 1.82) is 0 Å². The molecule has 104 valence electrons. The molecule has 0 radical (unpaired) electrons. The lowest BCUT2D eigenvalue weighted by Gasteiger charge is -2.10. The van der Waals surface area contributed by atoms with Gasteiger partial charge in [-0.25, -0.2) is 9.67 Å². The van der Waals surface area contributed by atoms with Gasteiger partial charge in [-0.05, 0) is 37.0 Å². The number of aromatic nitrogens is 3. The maximum atomic E-state index is 11.8. The minimum Gasteiger partial charge on any atom is -0.327 e. The maximum Gasteiger partial charge on any atom is 0.225 e. The van der Waals surface area contributed by atoms with Crippen LogP contribution in [0.4, 0.5) is 5.69 Å². The molecule has 0 spiro atoms. The molecule has 0 bridgehead atoms. The fourth-order valence-electron chi connectivity index (χ4n) is 2.12. The molecule has 2 heterocycles. The summed E-state index contributed by atoms with van der Waals surface area (Å²) in [7, 11) is 0. The maximum absolute atomic E-state index is 11.8. The molecule has 0 saturated heterocycles. The van der Waals surface area contributed by atoms with Crippen molar-refractivity contribution in [2.24, 2.45) is 11.7 Å². The van der Waals surface area contributed by atoms with E-state index in [0.29, 0.717) is 23.8 Å². The SMILES string of the molecule is NC(CC(=O)Nc1ccc(-n2cccn2)nc1)C1CC1. The fourth-order valence-corrected chi connectivity index (χ4v) is 2.12. The number of hydrogen-bond acceptors (Lipinski definition) is 4. The zero-order valence-electron chi connectivity index (χ0n) is 11.1. The summed E-state index contributed by atoms with van der Waals surface area (Å²) in [5.41, 5.74) is 6.61. The average molecular weight is 271 g/mol. The van der Waals surface area contributed by atoms with Gasteiger partial charge in [0.25, 0.3) is 0 Å². The van der Waals surface area contributed by atoms with Crippen LogP contribution in [-0.4, -0.2) is 26.7 Å². The second kappa shape index (κ2) is 5.42. The predicted molar refractivity (Wildman–Crippen MR) is 75.3 cm³/mol. The number of nitrogens with two attached hydrogens (primary N) is 1. The molecule has 1 saturated carbocycles. The number of carbonyl (C=O) groups is 1.